The molecule has 136 heavy (non-hydrogen) atoms. The number of benzene rings is 6. The topological polar surface area (TPSA) is 366 Å². The molecule has 6 aromatic carbocycles. The summed E-state index contributed by atoms with van der Waals surface area (Å²) in [4.78, 5) is 119. The van der Waals surface area contributed by atoms with Gasteiger partial charge in [-0.3, -0.25) is 48.1 Å². The number of thiophene rings is 6. The maximum Gasteiger partial charge on any atom is 0.251 e. The third-order valence-electron chi connectivity index (χ3n) is 20.3. The second kappa shape index (κ2) is 56.8. The Kier molecular flexibility index (Phi) is 46.1. The highest BCUT2D eigenvalue weighted by atomic mass is 79.9. The van der Waals surface area contributed by atoms with Crippen LogP contribution in [0.2, 0.25) is 10.0 Å². The third kappa shape index (κ3) is 35.3. The monoisotopic (exact) mass is 2060 g/mol. The number of halogens is 3. The van der Waals surface area contributed by atoms with Gasteiger partial charge >= 0.3 is 0 Å². The number of methoxy groups -OCH3 is 3. The number of aryl methyl sites for hydroxylation is 3. The Bertz CT molecular complexity index is 5920. The molecule has 718 valence electrons. The lowest BCUT2D eigenvalue weighted by Gasteiger charge is -2.19. The van der Waals surface area contributed by atoms with Gasteiger partial charge in [0.15, 0.2) is 34.7 Å². The van der Waals surface area contributed by atoms with Crippen molar-refractivity contribution < 1.29 is 86.9 Å². The highest BCUT2D eigenvalue weighted by Crippen LogP contribution is 2.43. The van der Waals surface area contributed by atoms with E-state index < -0.39 is 0 Å². The standard InChI is InChI=1S/C33H33BrN2O6S2.2C21H25NO5S.C16H19NOS.C12H9Cl2NOS/c1-21(26-20-43-32(31(26)39)23-8-10-25(34)11-9-23)36-19-28(38)30-14-13-29(44-30)27(37)12-5-22-3-6-24(7-4-22)33(40)35-15-16-42-18-17-41-2;2*1-15(23)19-9-10-20(28-19)18(24)8-5-16-3-6-17(7-4-16)21(25)22-11-12-27-14-13-26-2;1-10(17)13-9-19-15(14(13)18)11-5-7-12(8-6-11)16(2,3)4;1-6(15)8-5-17-12(11(8)16)7-2-3-9(13)10(14)4-7/h3-4,6-11,13-14,20,39H,5,12,15-19H2,1-2H3,(H,35,40);2*3-4,6-7,9-10H,5,8,11-14H2,1-2H3,(H,22,25);5-9,17-18H,1-4H3;2-5,15-16H,1H3. The summed E-state index contributed by atoms with van der Waals surface area (Å²) in [7, 11) is 4.82. The SMILES string of the molecule is CC(=N)c1csc(-c2ccc(C(C)(C)C)cc2)c1O.CC(=N)c1csc(-c2ccc(Cl)c(Cl)c2)c1O.COCCOCCNC(=O)c1ccc(CCC(=O)c2ccc(C(=O)CN=C(C)c3csc(-c4ccc(Br)cc4)c3O)s2)cc1.COCCOCCNC(=O)c1ccc(CCC(=O)c2ccc(C(C)=O)s2)cc1.COCCOCCNC(=O)c1ccc(CCC(=O)c2ccc(C(C)=O)s2)cc1. The molecule has 0 atom stereocenters. The first-order valence-electron chi connectivity index (χ1n) is 43.2. The van der Waals surface area contributed by atoms with Crippen molar-refractivity contribution in [3.8, 4) is 48.6 Å². The summed E-state index contributed by atoms with van der Waals surface area (Å²) in [5.41, 5.74) is 11.8. The number of aromatic hydroxyl groups is 3. The van der Waals surface area contributed by atoms with Crippen LogP contribution in [0.15, 0.2) is 202 Å². The van der Waals surface area contributed by atoms with Gasteiger partial charge in [0.2, 0.25) is 0 Å². The van der Waals surface area contributed by atoms with E-state index in [-0.39, 0.29) is 88.1 Å². The van der Waals surface area contributed by atoms with Gasteiger partial charge in [-0.2, -0.15) is 0 Å². The fraction of sp³-hybridized carbons (Fsp3) is 0.301. The van der Waals surface area contributed by atoms with Crippen LogP contribution < -0.4 is 16.0 Å². The lowest BCUT2D eigenvalue weighted by molar-refractivity contribution is 0.0692. The van der Waals surface area contributed by atoms with Crippen LogP contribution in [-0.4, -0.2) is 192 Å². The number of Topliss-reactive ketones (excluding diaryl/α,β-unsaturated/α-hetero) is 6. The van der Waals surface area contributed by atoms with E-state index in [1.54, 1.807) is 138 Å². The van der Waals surface area contributed by atoms with E-state index in [0.29, 0.717) is 206 Å². The second-order valence-electron chi connectivity index (χ2n) is 31.6. The van der Waals surface area contributed by atoms with Crippen LogP contribution in [0.4, 0.5) is 0 Å². The highest BCUT2D eigenvalue weighted by Gasteiger charge is 2.23. The van der Waals surface area contributed by atoms with E-state index in [0.717, 1.165) is 47.6 Å². The van der Waals surface area contributed by atoms with Gasteiger partial charge in [-0.05, 0) is 195 Å². The number of rotatable bonds is 44. The number of hydrogen-bond acceptors (Lipinski definition) is 27. The van der Waals surface area contributed by atoms with E-state index in [1.807, 2.05) is 83.6 Å². The predicted molar refractivity (Wildman–Crippen MR) is 552 cm³/mol. The molecule has 0 aliphatic rings. The molecule has 0 fully saturated rings. The zero-order valence-corrected chi connectivity index (χ0v) is 85.4. The summed E-state index contributed by atoms with van der Waals surface area (Å²) in [6.45, 7) is 20.1. The Labute approximate surface area is 835 Å². The second-order valence-corrected chi connectivity index (χ2v) is 39.2. The molecule has 6 aromatic heterocycles. The molecule has 8 N–H and O–H groups in total. The Morgan fingerprint density at radius 2 is 0.706 bits per heavy atom. The van der Waals surface area contributed by atoms with Crippen LogP contribution in [0.5, 0.6) is 17.2 Å². The number of amides is 3. The van der Waals surface area contributed by atoms with E-state index in [9.17, 15) is 58.5 Å². The molecule has 0 spiro atoms. The van der Waals surface area contributed by atoms with Crippen LogP contribution in [0, 0.1) is 10.8 Å². The number of nitrogens with one attached hydrogen (secondary N) is 5. The van der Waals surface area contributed by atoms with Crippen molar-refractivity contribution in [1.29, 1.82) is 10.8 Å². The Morgan fingerprint density at radius 1 is 0.390 bits per heavy atom. The third-order valence-corrected chi connectivity index (χ3v) is 28.3. The van der Waals surface area contributed by atoms with Gasteiger partial charge in [-0.1, -0.05) is 139 Å². The molecular weight excluding hydrogens is 1950 g/mol. The molecule has 0 unspecified atom stereocenters. The normalized spacial score (nSPS) is 11.0. The van der Waals surface area contributed by atoms with Gasteiger partial charge in [-0.25, -0.2) is 0 Å². The number of carbonyl (C=O) groups excluding carboxylic acids is 9. The fourth-order valence-electron chi connectivity index (χ4n) is 12.5. The van der Waals surface area contributed by atoms with E-state index in [1.165, 1.54) is 87.4 Å². The number of hydrogen-bond donors (Lipinski definition) is 8. The maximum atomic E-state index is 12.8. The smallest absolute Gasteiger partial charge is 0.251 e. The first-order chi connectivity index (χ1) is 65.1. The van der Waals surface area contributed by atoms with Crippen molar-refractivity contribution in [2.24, 2.45) is 4.99 Å². The molecule has 0 aliphatic heterocycles. The lowest BCUT2D eigenvalue weighted by Crippen LogP contribution is -2.27. The lowest BCUT2D eigenvalue weighted by atomic mass is 9.86. The van der Waals surface area contributed by atoms with E-state index in [4.69, 9.17) is 62.4 Å². The van der Waals surface area contributed by atoms with Crippen molar-refractivity contribution in [2.75, 3.05) is 107 Å². The van der Waals surface area contributed by atoms with E-state index in [2.05, 4.69) is 69.8 Å². The first-order valence-corrected chi connectivity index (χ1v) is 49.8. The Hall–Kier alpha value is -10.8. The predicted octanol–water partition coefficient (Wildman–Crippen LogP) is 22.8. The van der Waals surface area contributed by atoms with Crippen molar-refractivity contribution in [3.05, 3.63) is 291 Å². The molecule has 12 aromatic rings. The summed E-state index contributed by atoms with van der Waals surface area (Å²) in [6, 6.07) is 52.9. The molecule has 12 rings (SSSR count). The molecule has 33 heteroatoms. The van der Waals surface area contributed by atoms with Gasteiger partial charge in [-0.15, -0.1) is 68.0 Å². The van der Waals surface area contributed by atoms with Crippen molar-refractivity contribution >= 4 is 177 Å². The molecule has 0 saturated heterocycles. The summed E-state index contributed by atoms with van der Waals surface area (Å²) < 4.78 is 31.5. The average Bonchev–Trinajstić information content (AvgIpc) is 1.69. The minimum absolute atomic E-state index is 0.0211. The average molecular weight is 2060 g/mol. The molecule has 24 nitrogen and oxygen atoms in total. The maximum absolute atomic E-state index is 12.8. The van der Waals surface area contributed by atoms with Crippen LogP contribution in [-0.2, 0) is 53.1 Å². The summed E-state index contributed by atoms with van der Waals surface area (Å²) in [6.07, 6.45) is 2.70. The van der Waals surface area contributed by atoms with Crippen molar-refractivity contribution in [2.45, 2.75) is 99.3 Å². The first kappa shape index (κ1) is 110. The van der Waals surface area contributed by atoms with Gasteiger partial charge in [0.25, 0.3) is 17.7 Å². The number of ether oxygens (including phenoxy) is 6. The quantitative estimate of drug-likeness (QED) is 0.00999. The van der Waals surface area contributed by atoms with Crippen molar-refractivity contribution in [1.82, 2.24) is 16.0 Å². The van der Waals surface area contributed by atoms with Gasteiger partial charge < -0.3 is 70.5 Å². The molecule has 0 saturated carbocycles. The highest BCUT2D eigenvalue weighted by molar-refractivity contribution is 9.10. The number of aliphatic imine (C=N–C) groups is 1. The zero-order chi connectivity index (χ0) is 99.0. The van der Waals surface area contributed by atoms with Crippen LogP contribution >= 0.6 is 107 Å². The number of ketones is 6. The molecule has 3 amide bonds. The molecule has 6 heterocycles. The van der Waals surface area contributed by atoms with Gasteiger partial charge in [0.05, 0.1) is 113 Å². The summed E-state index contributed by atoms with van der Waals surface area (Å²) in [5, 5.41) is 60.8. The largest absolute Gasteiger partial charge is 0.506 e. The van der Waals surface area contributed by atoms with Crippen LogP contribution in [0.1, 0.15) is 203 Å². The Balaban J connectivity index is 0.000000218. The summed E-state index contributed by atoms with van der Waals surface area (Å²) >= 11 is 23.1. The van der Waals surface area contributed by atoms with Gasteiger partial charge in [0.1, 0.15) is 23.8 Å². The number of carbonyl (C=O) groups is 9. The fourth-order valence-corrected chi connectivity index (χ4v) is 18.8. The summed E-state index contributed by atoms with van der Waals surface area (Å²) in [5.74, 6) is -0.259. The van der Waals surface area contributed by atoms with Crippen LogP contribution in [0.25, 0.3) is 31.3 Å². The van der Waals surface area contributed by atoms with Crippen LogP contribution in [0.3, 0.4) is 0 Å². The molecule has 0 aliphatic carbocycles. The van der Waals surface area contributed by atoms with Gasteiger partial charge in [0, 0.05) is 131 Å². The number of nitrogens with zero attached hydrogens (tertiary/aromatic N) is 1. The minimum atomic E-state index is -0.188. The Morgan fingerprint density at radius 3 is 1.03 bits per heavy atom. The van der Waals surface area contributed by atoms with E-state index >= 15 is 0 Å². The minimum Gasteiger partial charge on any atom is -0.506 e. The molecular formula is C103H111BrCl2N6O18S6. The molecule has 0 radical (unpaired) electrons. The molecule has 0 bridgehead atoms. The zero-order valence-electron chi connectivity index (χ0n) is 77.4. The van der Waals surface area contributed by atoms with Crippen molar-refractivity contribution in [3.63, 3.8) is 0 Å².